The van der Waals surface area contributed by atoms with Crippen LogP contribution in [0.4, 0.5) is 10.2 Å². The van der Waals surface area contributed by atoms with Gasteiger partial charge in [-0.15, -0.1) is 0 Å². The van der Waals surface area contributed by atoms with Gasteiger partial charge in [0.05, 0.1) is 36.7 Å². The molecule has 2 aromatic heterocycles. The summed E-state index contributed by atoms with van der Waals surface area (Å²) in [5.41, 5.74) is 2.94. The van der Waals surface area contributed by atoms with E-state index in [-0.39, 0.29) is 11.6 Å². The SMILES string of the molecule is CNc1cc(-c2cnc3n([C@@H]4CCOC[C@H]4O)cccc2-3)nc2c(C(=O)N[C@@H]3C[C@@H]3F)cnn12. The van der Waals surface area contributed by atoms with E-state index in [0.717, 1.165) is 17.0 Å². The Morgan fingerprint density at radius 1 is 1.32 bits per heavy atom. The molecule has 10 nitrogen and oxygen atoms in total. The Balaban J connectivity index is 1.41. The van der Waals surface area contributed by atoms with E-state index >= 15 is 0 Å². The number of hydrogen-bond donors (Lipinski definition) is 3. The zero-order valence-electron chi connectivity index (χ0n) is 18.5. The van der Waals surface area contributed by atoms with Crippen molar-refractivity contribution < 1.29 is 19.0 Å². The minimum atomic E-state index is -0.995. The van der Waals surface area contributed by atoms with Gasteiger partial charge < -0.3 is 25.0 Å². The number of alkyl halides is 1. The molecule has 5 heterocycles. The lowest BCUT2D eigenvalue weighted by Gasteiger charge is -2.31. The number of amides is 1. The van der Waals surface area contributed by atoms with Crippen LogP contribution >= 0.6 is 0 Å². The second-order valence-corrected chi connectivity index (χ2v) is 8.72. The minimum Gasteiger partial charge on any atom is -0.389 e. The van der Waals surface area contributed by atoms with E-state index in [0.29, 0.717) is 43.2 Å². The summed E-state index contributed by atoms with van der Waals surface area (Å²) < 4.78 is 22.2. The molecule has 0 unspecified atom stereocenters. The molecule has 176 valence electrons. The number of nitrogens with zero attached hydrogens (tertiary/aromatic N) is 5. The van der Waals surface area contributed by atoms with Crippen molar-refractivity contribution in [2.75, 3.05) is 25.6 Å². The predicted molar refractivity (Wildman–Crippen MR) is 122 cm³/mol. The lowest BCUT2D eigenvalue weighted by Crippen LogP contribution is -2.34. The molecule has 6 rings (SSSR count). The first kappa shape index (κ1) is 21.0. The van der Waals surface area contributed by atoms with E-state index < -0.39 is 24.2 Å². The van der Waals surface area contributed by atoms with Gasteiger partial charge in [-0.2, -0.15) is 9.61 Å². The number of aliphatic hydroxyl groups excluding tert-OH is 1. The smallest absolute Gasteiger partial charge is 0.257 e. The molecular weight excluding hydrogens is 441 g/mol. The Labute approximate surface area is 194 Å². The molecule has 34 heavy (non-hydrogen) atoms. The van der Waals surface area contributed by atoms with Crippen molar-refractivity contribution in [1.82, 2.24) is 29.5 Å². The topological polar surface area (TPSA) is 119 Å². The molecule has 2 aromatic rings. The molecule has 2 fully saturated rings. The number of hydrogen-bond acceptors (Lipinski definition) is 7. The van der Waals surface area contributed by atoms with Crippen molar-refractivity contribution in [3.63, 3.8) is 0 Å². The Morgan fingerprint density at radius 3 is 2.94 bits per heavy atom. The normalized spacial score (nSPS) is 24.4. The molecule has 1 saturated heterocycles. The number of anilines is 1. The third-order valence-corrected chi connectivity index (χ3v) is 6.53. The van der Waals surface area contributed by atoms with Crippen LogP contribution in [-0.4, -0.2) is 73.7 Å². The maximum atomic E-state index is 13.3. The summed E-state index contributed by atoms with van der Waals surface area (Å²) in [4.78, 5) is 22.1. The lowest BCUT2D eigenvalue weighted by atomic mass is 10.0. The standard InChI is InChI=1S/C23H24FN7O3/c1-25-20-8-16(28-22-14(10-27-31(20)22)23(33)29-17-7-15(17)24)13-9-26-21-12(13)3-2-5-30(21)18-4-6-34-11-19(18)32/h2-3,5,8-10,15,17-19,25,32H,4,6-7,11H2,1H3,(H,29,33)/t15-,17+,18+,19+/m0/s1. The molecule has 1 amide bonds. The molecule has 4 aliphatic rings. The van der Waals surface area contributed by atoms with Gasteiger partial charge in [-0.25, -0.2) is 14.4 Å². The number of nitrogens with one attached hydrogen (secondary N) is 2. The number of pyridine rings is 1. The number of carbonyl (C=O) groups is 1. The maximum Gasteiger partial charge on any atom is 0.257 e. The van der Waals surface area contributed by atoms with Gasteiger partial charge in [0.1, 0.15) is 23.4 Å². The molecule has 3 N–H and O–H groups in total. The highest BCUT2D eigenvalue weighted by molar-refractivity contribution is 6.00. The van der Waals surface area contributed by atoms with Crippen molar-refractivity contribution in [2.24, 2.45) is 0 Å². The molecule has 0 bridgehead atoms. The van der Waals surface area contributed by atoms with E-state index in [1.165, 1.54) is 6.20 Å². The lowest BCUT2D eigenvalue weighted by molar-refractivity contribution is -0.0383. The monoisotopic (exact) mass is 465 g/mol. The van der Waals surface area contributed by atoms with E-state index in [1.807, 2.05) is 29.0 Å². The van der Waals surface area contributed by atoms with Crippen LogP contribution in [0.25, 0.3) is 28.3 Å². The molecule has 4 atom stereocenters. The largest absolute Gasteiger partial charge is 0.389 e. The van der Waals surface area contributed by atoms with Crippen LogP contribution in [0.15, 0.2) is 36.8 Å². The molecule has 3 aliphatic heterocycles. The third kappa shape index (κ3) is 3.39. The first-order valence-corrected chi connectivity index (χ1v) is 11.3. The van der Waals surface area contributed by atoms with Crippen molar-refractivity contribution in [1.29, 1.82) is 0 Å². The molecule has 11 heteroatoms. The van der Waals surface area contributed by atoms with Gasteiger partial charge in [-0.1, -0.05) is 0 Å². The van der Waals surface area contributed by atoms with Crippen LogP contribution in [0.1, 0.15) is 29.2 Å². The highest BCUT2D eigenvalue weighted by atomic mass is 19.1. The Kier molecular flexibility index (Phi) is 4.96. The van der Waals surface area contributed by atoms with Crippen molar-refractivity contribution in [3.05, 3.63) is 42.4 Å². The summed E-state index contributed by atoms with van der Waals surface area (Å²) >= 11 is 0. The second kappa shape index (κ2) is 8.03. The van der Waals surface area contributed by atoms with Crippen molar-refractivity contribution >= 4 is 17.4 Å². The molecule has 0 aromatic carbocycles. The van der Waals surface area contributed by atoms with Gasteiger partial charge in [-0.3, -0.25) is 4.79 Å². The average molecular weight is 465 g/mol. The highest BCUT2D eigenvalue weighted by Crippen LogP contribution is 2.37. The van der Waals surface area contributed by atoms with Crippen molar-refractivity contribution in [3.8, 4) is 22.6 Å². The van der Waals surface area contributed by atoms with Crippen LogP contribution in [0.2, 0.25) is 0 Å². The summed E-state index contributed by atoms with van der Waals surface area (Å²) in [7, 11) is 1.76. The number of halogens is 1. The van der Waals surface area contributed by atoms with Crippen LogP contribution < -0.4 is 10.6 Å². The van der Waals surface area contributed by atoms with E-state index in [1.54, 1.807) is 17.8 Å². The van der Waals surface area contributed by atoms with Gasteiger partial charge >= 0.3 is 0 Å². The van der Waals surface area contributed by atoms with Crippen LogP contribution in [0, 0.1) is 0 Å². The number of aliphatic hydroxyl groups is 1. The second-order valence-electron chi connectivity index (χ2n) is 8.72. The number of ether oxygens (including phenoxy) is 1. The number of aromatic nitrogens is 5. The van der Waals surface area contributed by atoms with Crippen LogP contribution in [0.3, 0.4) is 0 Å². The summed E-state index contributed by atoms with van der Waals surface area (Å²) in [5, 5.41) is 20.6. The van der Waals surface area contributed by atoms with Crippen molar-refractivity contribution in [2.45, 2.75) is 37.2 Å². The Morgan fingerprint density at radius 2 is 2.18 bits per heavy atom. The fourth-order valence-electron chi connectivity index (χ4n) is 4.56. The fourth-order valence-corrected chi connectivity index (χ4v) is 4.56. The summed E-state index contributed by atoms with van der Waals surface area (Å²) in [6, 6.07) is 5.15. The van der Waals surface area contributed by atoms with Gasteiger partial charge in [0.2, 0.25) is 0 Å². The molecule has 1 saturated carbocycles. The zero-order valence-corrected chi connectivity index (χ0v) is 18.5. The minimum absolute atomic E-state index is 0.129. The Bertz CT molecular complexity index is 1350. The molecule has 0 radical (unpaired) electrons. The summed E-state index contributed by atoms with van der Waals surface area (Å²) in [6.45, 7) is 0.875. The Hall–Kier alpha value is -3.57. The third-order valence-electron chi connectivity index (χ3n) is 6.53. The van der Waals surface area contributed by atoms with Crippen LogP contribution in [-0.2, 0) is 4.74 Å². The fraction of sp³-hybridized carbons (Fsp3) is 0.391. The quantitative estimate of drug-likeness (QED) is 0.412. The van der Waals surface area contributed by atoms with Gasteiger partial charge in [0.15, 0.2) is 5.65 Å². The number of rotatable bonds is 5. The highest BCUT2D eigenvalue weighted by Gasteiger charge is 2.39. The number of fused-ring (bicyclic) bond motifs is 2. The number of carbonyl (C=O) groups excluding carboxylic acids is 1. The maximum absolute atomic E-state index is 13.3. The first-order valence-electron chi connectivity index (χ1n) is 11.3. The van der Waals surface area contributed by atoms with Gasteiger partial charge in [0, 0.05) is 49.7 Å². The van der Waals surface area contributed by atoms with Crippen LogP contribution in [0.5, 0.6) is 0 Å². The van der Waals surface area contributed by atoms with Gasteiger partial charge in [0.25, 0.3) is 5.91 Å². The molecule has 1 aliphatic carbocycles. The average Bonchev–Trinajstić information content (AvgIpc) is 3.23. The van der Waals surface area contributed by atoms with Gasteiger partial charge in [-0.05, 0) is 18.6 Å². The van der Waals surface area contributed by atoms with E-state index in [2.05, 4.69) is 20.7 Å². The molecule has 0 spiro atoms. The molecular formula is C23H24FN7O3. The van der Waals surface area contributed by atoms with E-state index in [4.69, 9.17) is 9.72 Å². The zero-order chi connectivity index (χ0) is 23.4. The summed E-state index contributed by atoms with van der Waals surface area (Å²) in [5.74, 6) is 0.987. The first-order chi connectivity index (χ1) is 16.5. The van der Waals surface area contributed by atoms with E-state index in [9.17, 15) is 14.3 Å². The summed E-state index contributed by atoms with van der Waals surface area (Å²) in [6.07, 6.45) is 4.53. The predicted octanol–water partition coefficient (Wildman–Crippen LogP) is 1.90.